The Labute approximate surface area is 110 Å². The summed E-state index contributed by atoms with van der Waals surface area (Å²) in [5.74, 6) is 1.23. The summed E-state index contributed by atoms with van der Waals surface area (Å²) in [6, 6.07) is 3.52. The van der Waals surface area contributed by atoms with Crippen LogP contribution in [0.15, 0.2) is 16.6 Å². The number of nitrogens with two attached hydrogens (primary N) is 1. The standard InChI is InChI=1S/C12H18BrNO3/c1-7(2)17-12-4-8(10(15)6-14)9(13)5-11(12)16-3/h4-5,7,10,15H,6,14H2,1-3H3. The third-order valence-electron chi connectivity index (χ3n) is 2.23. The second-order valence-electron chi connectivity index (χ2n) is 3.94. The predicted octanol–water partition coefficient (Wildman–Crippen LogP) is 2.24. The normalized spacial score (nSPS) is 12.6. The van der Waals surface area contributed by atoms with Gasteiger partial charge in [0.25, 0.3) is 0 Å². The topological polar surface area (TPSA) is 64.7 Å². The Balaban J connectivity index is 3.17. The van der Waals surface area contributed by atoms with Crippen LogP contribution in [-0.2, 0) is 0 Å². The maximum absolute atomic E-state index is 9.78. The molecule has 0 saturated heterocycles. The van der Waals surface area contributed by atoms with Crippen LogP contribution in [0.5, 0.6) is 11.5 Å². The fourth-order valence-electron chi connectivity index (χ4n) is 1.44. The minimum atomic E-state index is -0.718. The zero-order valence-corrected chi connectivity index (χ0v) is 11.8. The number of halogens is 1. The highest BCUT2D eigenvalue weighted by Gasteiger charge is 2.16. The molecule has 0 heterocycles. The Hall–Kier alpha value is -0.780. The van der Waals surface area contributed by atoms with Gasteiger partial charge in [-0.2, -0.15) is 0 Å². The molecule has 4 nitrogen and oxygen atoms in total. The molecule has 0 amide bonds. The second-order valence-corrected chi connectivity index (χ2v) is 4.80. The average Bonchev–Trinajstić information content (AvgIpc) is 2.29. The van der Waals surface area contributed by atoms with Gasteiger partial charge in [0.05, 0.1) is 19.3 Å². The van der Waals surface area contributed by atoms with E-state index in [1.54, 1.807) is 19.2 Å². The molecule has 17 heavy (non-hydrogen) atoms. The lowest BCUT2D eigenvalue weighted by atomic mass is 10.1. The number of methoxy groups -OCH3 is 1. The largest absolute Gasteiger partial charge is 0.493 e. The molecule has 0 saturated carbocycles. The summed E-state index contributed by atoms with van der Waals surface area (Å²) in [6.07, 6.45) is -0.683. The highest BCUT2D eigenvalue weighted by Crippen LogP contribution is 2.36. The second kappa shape index (κ2) is 6.23. The van der Waals surface area contributed by atoms with Crippen LogP contribution in [0.4, 0.5) is 0 Å². The molecule has 1 aromatic rings. The van der Waals surface area contributed by atoms with Crippen molar-refractivity contribution in [1.82, 2.24) is 0 Å². The van der Waals surface area contributed by atoms with Crippen LogP contribution in [0.25, 0.3) is 0 Å². The fourth-order valence-corrected chi connectivity index (χ4v) is 2.03. The van der Waals surface area contributed by atoms with Gasteiger partial charge < -0.3 is 20.3 Å². The molecule has 0 aliphatic heterocycles. The summed E-state index contributed by atoms with van der Waals surface area (Å²) in [6.45, 7) is 4.02. The Morgan fingerprint density at radius 3 is 2.47 bits per heavy atom. The number of aliphatic hydroxyl groups is 1. The van der Waals surface area contributed by atoms with E-state index in [2.05, 4.69) is 15.9 Å². The molecule has 1 atom stereocenters. The first-order valence-electron chi connectivity index (χ1n) is 5.41. The van der Waals surface area contributed by atoms with Crippen molar-refractivity contribution in [2.75, 3.05) is 13.7 Å². The maximum atomic E-state index is 9.78. The molecule has 3 N–H and O–H groups in total. The average molecular weight is 304 g/mol. The van der Waals surface area contributed by atoms with E-state index in [4.69, 9.17) is 15.2 Å². The lowest BCUT2D eigenvalue weighted by Gasteiger charge is -2.18. The van der Waals surface area contributed by atoms with Gasteiger partial charge in [0.1, 0.15) is 0 Å². The predicted molar refractivity (Wildman–Crippen MR) is 70.5 cm³/mol. The number of aliphatic hydroxyl groups excluding tert-OH is 1. The van der Waals surface area contributed by atoms with Crippen LogP contribution < -0.4 is 15.2 Å². The Morgan fingerprint density at radius 2 is 2.00 bits per heavy atom. The van der Waals surface area contributed by atoms with Gasteiger partial charge in [0, 0.05) is 11.0 Å². The molecule has 1 unspecified atom stereocenters. The van der Waals surface area contributed by atoms with Crippen molar-refractivity contribution in [2.45, 2.75) is 26.1 Å². The molecule has 0 spiro atoms. The van der Waals surface area contributed by atoms with E-state index in [0.29, 0.717) is 17.1 Å². The zero-order valence-electron chi connectivity index (χ0n) is 10.2. The molecule has 0 aromatic heterocycles. The van der Waals surface area contributed by atoms with Crippen molar-refractivity contribution in [1.29, 1.82) is 0 Å². The Morgan fingerprint density at radius 1 is 1.35 bits per heavy atom. The minimum absolute atomic E-state index is 0.0351. The van der Waals surface area contributed by atoms with Crippen molar-refractivity contribution in [2.24, 2.45) is 5.73 Å². The molecular formula is C12H18BrNO3. The van der Waals surface area contributed by atoms with Gasteiger partial charge in [0.15, 0.2) is 11.5 Å². The summed E-state index contributed by atoms with van der Waals surface area (Å²) < 4.78 is 11.6. The molecule has 0 aliphatic carbocycles. The Kier molecular flexibility index (Phi) is 5.24. The molecule has 0 radical (unpaired) electrons. The van der Waals surface area contributed by atoms with E-state index in [0.717, 1.165) is 4.47 Å². The quantitative estimate of drug-likeness (QED) is 0.875. The molecule has 96 valence electrons. The van der Waals surface area contributed by atoms with E-state index in [1.807, 2.05) is 13.8 Å². The molecule has 0 bridgehead atoms. The number of ether oxygens (including phenoxy) is 2. The zero-order chi connectivity index (χ0) is 13.0. The summed E-state index contributed by atoms with van der Waals surface area (Å²) in [7, 11) is 1.58. The minimum Gasteiger partial charge on any atom is -0.493 e. The van der Waals surface area contributed by atoms with Crippen LogP contribution in [0.3, 0.4) is 0 Å². The third-order valence-corrected chi connectivity index (χ3v) is 2.91. The van der Waals surface area contributed by atoms with Crippen LogP contribution in [0.2, 0.25) is 0 Å². The smallest absolute Gasteiger partial charge is 0.161 e. The van der Waals surface area contributed by atoms with E-state index in [-0.39, 0.29) is 12.6 Å². The number of rotatable bonds is 5. The first kappa shape index (κ1) is 14.3. The molecule has 0 aliphatic rings. The van der Waals surface area contributed by atoms with Gasteiger partial charge >= 0.3 is 0 Å². The summed E-state index contributed by atoms with van der Waals surface area (Å²) in [5.41, 5.74) is 6.15. The lowest BCUT2D eigenvalue weighted by Crippen LogP contribution is -2.13. The van der Waals surface area contributed by atoms with E-state index in [1.165, 1.54) is 0 Å². The van der Waals surface area contributed by atoms with Crippen LogP contribution in [0, 0.1) is 0 Å². The summed E-state index contributed by atoms with van der Waals surface area (Å²) in [5, 5.41) is 9.78. The van der Waals surface area contributed by atoms with Crippen molar-refractivity contribution in [3.8, 4) is 11.5 Å². The number of hydrogen-bond donors (Lipinski definition) is 2. The van der Waals surface area contributed by atoms with Gasteiger partial charge in [-0.15, -0.1) is 0 Å². The van der Waals surface area contributed by atoms with Crippen molar-refractivity contribution in [3.05, 3.63) is 22.2 Å². The van der Waals surface area contributed by atoms with E-state index in [9.17, 15) is 5.11 Å². The molecule has 1 aromatic carbocycles. The maximum Gasteiger partial charge on any atom is 0.161 e. The highest BCUT2D eigenvalue weighted by molar-refractivity contribution is 9.10. The van der Waals surface area contributed by atoms with Gasteiger partial charge in [0.2, 0.25) is 0 Å². The lowest BCUT2D eigenvalue weighted by molar-refractivity contribution is 0.183. The highest BCUT2D eigenvalue weighted by atomic mass is 79.9. The van der Waals surface area contributed by atoms with Crippen LogP contribution in [-0.4, -0.2) is 24.9 Å². The van der Waals surface area contributed by atoms with Crippen LogP contribution >= 0.6 is 15.9 Å². The van der Waals surface area contributed by atoms with Gasteiger partial charge in [-0.1, -0.05) is 15.9 Å². The van der Waals surface area contributed by atoms with Gasteiger partial charge in [-0.05, 0) is 31.5 Å². The molecular weight excluding hydrogens is 286 g/mol. The third kappa shape index (κ3) is 3.59. The van der Waals surface area contributed by atoms with Crippen molar-refractivity contribution < 1.29 is 14.6 Å². The van der Waals surface area contributed by atoms with E-state index >= 15 is 0 Å². The van der Waals surface area contributed by atoms with Crippen molar-refractivity contribution in [3.63, 3.8) is 0 Å². The SMILES string of the molecule is COc1cc(Br)c(C(O)CN)cc1OC(C)C. The monoisotopic (exact) mass is 303 g/mol. The summed E-state index contributed by atoms with van der Waals surface area (Å²) in [4.78, 5) is 0. The molecule has 1 rings (SSSR count). The fraction of sp³-hybridized carbons (Fsp3) is 0.500. The Bertz CT molecular complexity index is 382. The van der Waals surface area contributed by atoms with Gasteiger partial charge in [-0.25, -0.2) is 0 Å². The van der Waals surface area contributed by atoms with Crippen LogP contribution in [0.1, 0.15) is 25.5 Å². The van der Waals surface area contributed by atoms with Gasteiger partial charge in [-0.3, -0.25) is 0 Å². The molecule has 0 fully saturated rings. The first-order valence-corrected chi connectivity index (χ1v) is 6.21. The number of benzene rings is 1. The first-order chi connectivity index (χ1) is 7.99. The summed E-state index contributed by atoms with van der Waals surface area (Å²) >= 11 is 3.38. The molecule has 5 heteroatoms. The van der Waals surface area contributed by atoms with Crippen molar-refractivity contribution >= 4 is 15.9 Å². The number of hydrogen-bond acceptors (Lipinski definition) is 4. The van der Waals surface area contributed by atoms with E-state index < -0.39 is 6.10 Å².